The van der Waals surface area contributed by atoms with Gasteiger partial charge in [-0.15, -0.1) is 0 Å². The Labute approximate surface area is 107 Å². The van der Waals surface area contributed by atoms with Crippen molar-refractivity contribution >= 4 is 16.9 Å². The Morgan fingerprint density at radius 2 is 2.35 bits per heavy atom. The molecule has 17 heavy (non-hydrogen) atoms. The van der Waals surface area contributed by atoms with Crippen LogP contribution >= 0.6 is 11.8 Å². The maximum atomic E-state index is 4.63. The minimum absolute atomic E-state index is 0.173. The van der Waals surface area contributed by atoms with Crippen LogP contribution in [-0.4, -0.2) is 26.2 Å². The van der Waals surface area contributed by atoms with Crippen molar-refractivity contribution < 1.29 is 0 Å². The minimum Gasteiger partial charge on any atom is -0.359 e. The molecule has 1 N–H and O–H groups in total. The molecule has 5 heteroatoms. The monoisotopic (exact) mass is 252 g/mol. The summed E-state index contributed by atoms with van der Waals surface area (Å²) in [6.45, 7) is 7.25. The number of nitrogens with zero attached hydrogens (tertiary/aromatic N) is 3. The van der Waals surface area contributed by atoms with Crippen molar-refractivity contribution in [3.05, 3.63) is 17.5 Å². The van der Waals surface area contributed by atoms with Crippen molar-refractivity contribution in [3.63, 3.8) is 0 Å². The molecule has 0 aromatic carbocycles. The number of rotatable bonds is 3. The molecule has 1 aliphatic heterocycles. The van der Waals surface area contributed by atoms with Crippen molar-refractivity contribution in [1.29, 1.82) is 0 Å². The molecule has 1 aromatic heterocycles. The molecule has 1 fully saturated rings. The van der Waals surface area contributed by atoms with E-state index >= 15 is 0 Å². The van der Waals surface area contributed by atoms with Gasteiger partial charge in [-0.05, 0) is 20.3 Å². The van der Waals surface area contributed by atoms with Crippen LogP contribution in [0, 0.1) is 0 Å². The highest BCUT2D eigenvalue weighted by Crippen LogP contribution is 2.22. The molecular formula is C12H20N4S. The zero-order chi connectivity index (χ0) is 12.5. The summed E-state index contributed by atoms with van der Waals surface area (Å²) >= 11 is 1.80. The van der Waals surface area contributed by atoms with E-state index in [1.807, 2.05) is 11.7 Å². The van der Waals surface area contributed by atoms with E-state index in [0.717, 1.165) is 29.6 Å². The first-order chi connectivity index (χ1) is 8.00. The molecule has 0 bridgehead atoms. The summed E-state index contributed by atoms with van der Waals surface area (Å²) in [5.41, 5.74) is 2.56. The fourth-order valence-corrected chi connectivity index (χ4v) is 2.94. The lowest BCUT2D eigenvalue weighted by atomic mass is 10.1. The van der Waals surface area contributed by atoms with Crippen LogP contribution in [0.1, 0.15) is 32.0 Å². The minimum atomic E-state index is 0.173. The molecule has 0 radical (unpaired) electrons. The van der Waals surface area contributed by atoms with Gasteiger partial charge in [0.1, 0.15) is 0 Å². The standard InChI is InChI=1S/C12H20N4S/c1-5-10-9(7-16(4)15-10)6-13-11-14-12(2,3)8-17-11/h7H,5-6,8H2,1-4H3,(H,13,14). The van der Waals surface area contributed by atoms with Gasteiger partial charge in [-0.1, -0.05) is 18.7 Å². The van der Waals surface area contributed by atoms with Crippen LogP contribution < -0.4 is 5.32 Å². The maximum absolute atomic E-state index is 4.63. The Morgan fingerprint density at radius 3 is 2.94 bits per heavy atom. The number of thioether (sulfide) groups is 1. The third-order valence-electron chi connectivity index (χ3n) is 2.73. The van der Waals surface area contributed by atoms with Crippen LogP contribution in [0.25, 0.3) is 0 Å². The summed E-state index contributed by atoms with van der Waals surface area (Å²) in [4.78, 5) is 4.63. The molecule has 4 nitrogen and oxygen atoms in total. The van der Waals surface area contributed by atoms with Crippen LogP contribution in [0.5, 0.6) is 0 Å². The summed E-state index contributed by atoms with van der Waals surface area (Å²) in [6.07, 6.45) is 3.03. The van der Waals surface area contributed by atoms with E-state index in [2.05, 4.69) is 42.4 Å². The highest BCUT2D eigenvalue weighted by Gasteiger charge is 2.27. The molecule has 2 heterocycles. The average Bonchev–Trinajstić information content (AvgIpc) is 2.78. The normalized spacial score (nSPS) is 20.8. The SMILES string of the molecule is CCc1nn(C)cc1CN=C1NC(C)(C)CS1. The first-order valence-corrected chi connectivity index (χ1v) is 6.95. The quantitative estimate of drug-likeness (QED) is 0.894. The topological polar surface area (TPSA) is 42.2 Å². The fourth-order valence-electron chi connectivity index (χ4n) is 1.87. The Kier molecular flexibility index (Phi) is 3.47. The van der Waals surface area contributed by atoms with E-state index in [4.69, 9.17) is 0 Å². The van der Waals surface area contributed by atoms with Gasteiger partial charge in [-0.2, -0.15) is 5.10 Å². The number of amidine groups is 1. The number of aryl methyl sites for hydroxylation is 2. The molecule has 0 spiro atoms. The maximum Gasteiger partial charge on any atom is 0.157 e. The van der Waals surface area contributed by atoms with Gasteiger partial charge in [0.25, 0.3) is 0 Å². The van der Waals surface area contributed by atoms with Crippen LogP contribution in [0.2, 0.25) is 0 Å². The van der Waals surface area contributed by atoms with E-state index in [-0.39, 0.29) is 5.54 Å². The van der Waals surface area contributed by atoms with Crippen LogP contribution in [0.3, 0.4) is 0 Å². The van der Waals surface area contributed by atoms with Crippen molar-refractivity contribution in [2.45, 2.75) is 39.3 Å². The third-order valence-corrected chi connectivity index (χ3v) is 4.11. The van der Waals surface area contributed by atoms with Gasteiger partial charge in [-0.25, -0.2) is 0 Å². The summed E-state index contributed by atoms with van der Waals surface area (Å²) in [7, 11) is 1.96. The lowest BCUT2D eigenvalue weighted by Crippen LogP contribution is -2.36. The Morgan fingerprint density at radius 1 is 1.59 bits per heavy atom. The third kappa shape index (κ3) is 3.03. The van der Waals surface area contributed by atoms with E-state index < -0.39 is 0 Å². The summed E-state index contributed by atoms with van der Waals surface area (Å²) in [5.74, 6) is 1.08. The first kappa shape index (κ1) is 12.5. The van der Waals surface area contributed by atoms with Crippen LogP contribution in [0.15, 0.2) is 11.2 Å². The van der Waals surface area contributed by atoms with Crippen molar-refractivity contribution in [2.24, 2.45) is 12.0 Å². The molecular weight excluding hydrogens is 232 g/mol. The van der Waals surface area contributed by atoms with Gasteiger partial charge in [0.15, 0.2) is 5.17 Å². The molecule has 0 atom stereocenters. The number of hydrogen-bond acceptors (Lipinski definition) is 3. The van der Waals surface area contributed by atoms with Gasteiger partial charge in [0.2, 0.25) is 0 Å². The van der Waals surface area contributed by atoms with Crippen LogP contribution in [0.4, 0.5) is 0 Å². The number of hydrogen-bond donors (Lipinski definition) is 1. The van der Waals surface area contributed by atoms with Gasteiger partial charge in [0, 0.05) is 30.1 Å². The fraction of sp³-hybridized carbons (Fsp3) is 0.667. The van der Waals surface area contributed by atoms with E-state index in [9.17, 15) is 0 Å². The largest absolute Gasteiger partial charge is 0.359 e. The first-order valence-electron chi connectivity index (χ1n) is 5.97. The van der Waals surface area contributed by atoms with E-state index in [1.165, 1.54) is 5.56 Å². The number of aliphatic imine (C=N–C) groups is 1. The molecule has 0 amide bonds. The second-order valence-corrected chi connectivity index (χ2v) is 6.01. The molecule has 2 rings (SSSR count). The lowest BCUT2D eigenvalue weighted by Gasteiger charge is -2.15. The van der Waals surface area contributed by atoms with Crippen molar-refractivity contribution in [3.8, 4) is 0 Å². The highest BCUT2D eigenvalue weighted by atomic mass is 32.2. The predicted octanol–water partition coefficient (Wildman–Crippen LogP) is 1.95. The zero-order valence-corrected chi connectivity index (χ0v) is 11.8. The van der Waals surface area contributed by atoms with Gasteiger partial charge < -0.3 is 5.32 Å². The molecule has 0 aliphatic carbocycles. The van der Waals surface area contributed by atoms with Gasteiger partial charge in [-0.3, -0.25) is 9.67 Å². The Balaban J connectivity index is 2.04. The smallest absolute Gasteiger partial charge is 0.157 e. The van der Waals surface area contributed by atoms with Gasteiger partial charge >= 0.3 is 0 Å². The van der Waals surface area contributed by atoms with Crippen molar-refractivity contribution in [1.82, 2.24) is 15.1 Å². The van der Waals surface area contributed by atoms with Crippen LogP contribution in [-0.2, 0) is 20.0 Å². The predicted molar refractivity (Wildman–Crippen MR) is 73.4 cm³/mol. The summed E-state index contributed by atoms with van der Waals surface area (Å²) in [5, 5.41) is 8.91. The Hall–Kier alpha value is -0.970. The molecule has 94 valence electrons. The molecule has 1 saturated heterocycles. The number of nitrogens with one attached hydrogen (secondary N) is 1. The zero-order valence-electron chi connectivity index (χ0n) is 10.9. The van der Waals surface area contributed by atoms with Crippen molar-refractivity contribution in [2.75, 3.05) is 5.75 Å². The second kappa shape index (κ2) is 4.72. The average molecular weight is 252 g/mol. The highest BCUT2D eigenvalue weighted by molar-refractivity contribution is 8.14. The van der Waals surface area contributed by atoms with E-state index in [1.54, 1.807) is 11.8 Å². The molecule has 1 aliphatic rings. The summed E-state index contributed by atoms with van der Waals surface area (Å²) < 4.78 is 1.87. The lowest BCUT2D eigenvalue weighted by molar-refractivity contribution is 0.536. The molecule has 1 aromatic rings. The summed E-state index contributed by atoms with van der Waals surface area (Å²) in [6, 6.07) is 0. The number of aromatic nitrogens is 2. The second-order valence-electron chi connectivity index (χ2n) is 5.05. The molecule has 0 saturated carbocycles. The molecule has 0 unspecified atom stereocenters. The van der Waals surface area contributed by atoms with Gasteiger partial charge in [0.05, 0.1) is 12.2 Å². The van der Waals surface area contributed by atoms with E-state index in [0.29, 0.717) is 0 Å². The Bertz CT molecular complexity index is 434.